The van der Waals surface area contributed by atoms with Crippen molar-refractivity contribution in [2.24, 2.45) is 0 Å². The van der Waals surface area contributed by atoms with Crippen LogP contribution in [0.15, 0.2) is 144 Å². The molecular weight excluding hydrogens is 882 g/mol. The lowest BCUT2D eigenvalue weighted by atomic mass is 9.59. The number of furan rings is 1. The highest BCUT2D eigenvalue weighted by molar-refractivity contribution is 6.72. The monoisotopic (exact) mass is 936 g/mol. The van der Waals surface area contributed by atoms with E-state index in [0.29, 0.717) is 5.82 Å². The van der Waals surface area contributed by atoms with E-state index in [-0.39, 0.29) is 0 Å². The summed E-state index contributed by atoms with van der Waals surface area (Å²) in [5.41, 5.74) is 33.5. The molecule has 0 radical (unpaired) electrons. The number of hydrogen-bond acceptors (Lipinski definition) is 4. The van der Waals surface area contributed by atoms with Crippen LogP contribution in [0.25, 0.3) is 88.9 Å². The Hall–Kier alpha value is -7.17. The Kier molecular flexibility index (Phi) is 12.6. The summed E-state index contributed by atoms with van der Waals surface area (Å²) < 4.78 is 6.90. The van der Waals surface area contributed by atoms with Crippen LogP contribution in [0, 0.1) is 0 Å². The molecule has 2 heterocycles. The zero-order valence-electron chi connectivity index (χ0n) is 45.5. The van der Waals surface area contributed by atoms with Crippen LogP contribution in [0.3, 0.4) is 0 Å². The molecule has 0 spiro atoms. The minimum Gasteiger partial charge on any atom is -0.456 e. The highest BCUT2D eigenvalue weighted by Gasteiger charge is 2.29. The largest absolute Gasteiger partial charge is 0.456 e. The van der Waals surface area contributed by atoms with E-state index in [4.69, 9.17) is 14.4 Å². The summed E-state index contributed by atoms with van der Waals surface area (Å²) in [5, 5.41) is 4.41. The molecule has 0 aliphatic heterocycles. The van der Waals surface area contributed by atoms with E-state index in [0.717, 1.165) is 77.5 Å². The number of aromatic nitrogens is 2. The molecule has 11 rings (SSSR count). The van der Waals surface area contributed by atoms with Crippen molar-refractivity contribution in [2.45, 2.75) is 0 Å². The number of fused-ring (bicyclic) bond motifs is 4. The summed E-state index contributed by atoms with van der Waals surface area (Å²) in [6.45, 7) is 0. The van der Waals surface area contributed by atoms with Gasteiger partial charge in [-0.15, -0.1) is 10.9 Å². The molecule has 0 fully saturated rings. The average molecular weight is 933 g/mol. The van der Waals surface area contributed by atoms with E-state index < -0.39 is 0 Å². The average Bonchev–Trinajstić information content (AvgIpc) is 3.81. The zero-order valence-corrected chi connectivity index (χ0v) is 45.5. The van der Waals surface area contributed by atoms with Crippen LogP contribution < -0.4 is 81.4 Å². The lowest BCUT2D eigenvalue weighted by Crippen LogP contribution is -2.60. The molecule has 0 aliphatic rings. The molecule has 74 heavy (non-hydrogen) atoms. The first-order chi connectivity index (χ1) is 35.6. The van der Waals surface area contributed by atoms with E-state index >= 15 is 0 Å². The third-order valence-corrected chi connectivity index (χ3v) is 17.3. The Morgan fingerprint density at radius 2 is 0.703 bits per heavy atom. The second-order valence-electron chi connectivity index (χ2n) is 20.9. The Morgan fingerprint density at radius 1 is 0.311 bits per heavy atom. The van der Waals surface area contributed by atoms with Gasteiger partial charge in [0.05, 0.1) is 11.4 Å². The second kappa shape index (κ2) is 19.0. The predicted octanol–water partition coefficient (Wildman–Crippen LogP) is -9.05. The van der Waals surface area contributed by atoms with Crippen LogP contribution in [0.2, 0.25) is 0 Å². The van der Waals surface area contributed by atoms with E-state index in [1.165, 1.54) is 99.1 Å². The van der Waals surface area contributed by atoms with Crippen LogP contribution >= 0.6 is 0 Å². The molecule has 4 nitrogen and oxygen atoms in total. The molecule has 0 unspecified atom stereocenters. The van der Waals surface area contributed by atoms with Gasteiger partial charge in [0.2, 0.25) is 0 Å². The SMILES string of the molecule is Bc1c(B)c(B)c(N(c2c(B)c(B)c(B)c(B)c2B)c2c(B)c(B)c(-c3cc(-c4ccc(-c5nc(-c6ccccc6)cc(-c6ccccc6)n5)c5ccccc45)c4c(c3)oc3ccccc34)c(B)c2B)c(B)c1B. The number of anilines is 3. The van der Waals surface area contributed by atoms with Crippen LogP contribution in [0.1, 0.15) is 0 Å². The van der Waals surface area contributed by atoms with Gasteiger partial charge in [-0.25, -0.2) is 9.97 Å². The van der Waals surface area contributed by atoms with E-state index in [2.05, 4.69) is 242 Å². The fourth-order valence-electron chi connectivity index (χ4n) is 12.0. The number of benzene rings is 9. The van der Waals surface area contributed by atoms with E-state index in [9.17, 15) is 0 Å². The molecule has 0 atom stereocenters. The summed E-state index contributed by atoms with van der Waals surface area (Å²) in [4.78, 5) is 13.3. The molecular formula is C56H51B14N3O. The zero-order chi connectivity index (χ0) is 52.0. The predicted molar refractivity (Wildman–Crippen MR) is 363 cm³/mol. The quantitative estimate of drug-likeness (QED) is 0.142. The van der Waals surface area contributed by atoms with Gasteiger partial charge >= 0.3 is 0 Å². The number of para-hydroxylation sites is 1. The summed E-state index contributed by atoms with van der Waals surface area (Å²) in [5.74, 6) is 0.689. The van der Waals surface area contributed by atoms with Gasteiger partial charge in [-0.2, -0.15) is 0 Å². The number of rotatable bonds is 8. The van der Waals surface area contributed by atoms with Crippen LogP contribution in [-0.2, 0) is 0 Å². The van der Waals surface area contributed by atoms with Crippen molar-refractivity contribution in [3.8, 4) is 56.2 Å². The van der Waals surface area contributed by atoms with Crippen LogP contribution in [0.5, 0.6) is 0 Å². The van der Waals surface area contributed by atoms with Crippen LogP contribution in [0.4, 0.5) is 17.1 Å². The molecule has 0 saturated heterocycles. The van der Waals surface area contributed by atoms with Crippen molar-refractivity contribution in [2.75, 3.05) is 4.90 Å². The first-order valence-corrected chi connectivity index (χ1v) is 26.1. The Balaban J connectivity index is 1.16. The molecule has 2 aromatic heterocycles. The standard InChI is InChI=1S/C56H51B14N3O/c57-39-37(40(58)48(66)53(47(39)65)73(54-49(67)43(61)41(59)44(62)50(54)68)55-51(69)45(63)42(60)46(64)52(55)70)26-21-32(38-31-17-9-10-18-35(31)74-36(38)22-26)29-19-20-30(28-16-8-7-15-27(28)29)56-71-33(24-11-3-1-4-12-24)23-34(72-56)25-13-5-2-6-14-25/h1-23H,57-70H2. The Labute approximate surface area is 448 Å². The maximum atomic E-state index is 6.90. The highest BCUT2D eigenvalue weighted by Crippen LogP contribution is 2.44. The lowest BCUT2D eigenvalue weighted by Gasteiger charge is -2.39. The second-order valence-corrected chi connectivity index (χ2v) is 20.9. The van der Waals surface area contributed by atoms with Crippen molar-refractivity contribution in [1.29, 1.82) is 0 Å². The smallest absolute Gasteiger partial charge is 0.161 e. The van der Waals surface area contributed by atoms with E-state index in [1.54, 1.807) is 0 Å². The van der Waals surface area contributed by atoms with Crippen molar-refractivity contribution in [1.82, 2.24) is 9.97 Å². The maximum Gasteiger partial charge on any atom is 0.161 e. The first kappa shape index (κ1) is 49.1. The third kappa shape index (κ3) is 7.82. The molecule has 338 valence electrons. The molecule has 0 bridgehead atoms. The molecule has 18 heteroatoms. The number of nitrogens with zero attached hydrogens (tertiary/aromatic N) is 3. The summed E-state index contributed by atoms with van der Waals surface area (Å²) in [6.07, 6.45) is 0. The third-order valence-electron chi connectivity index (χ3n) is 17.3. The van der Waals surface area contributed by atoms with Crippen molar-refractivity contribution >= 4 is 236 Å². The van der Waals surface area contributed by atoms with E-state index in [1.807, 2.05) is 12.1 Å². The first-order valence-electron chi connectivity index (χ1n) is 26.1. The van der Waals surface area contributed by atoms with Gasteiger partial charge in [-0.1, -0.05) is 175 Å². The lowest BCUT2D eigenvalue weighted by molar-refractivity contribution is 0.669. The fourth-order valence-corrected chi connectivity index (χ4v) is 12.0. The fraction of sp³-hybridized carbons (Fsp3) is 0. The van der Waals surface area contributed by atoms with Crippen molar-refractivity contribution in [3.63, 3.8) is 0 Å². The van der Waals surface area contributed by atoms with Gasteiger partial charge in [0.15, 0.2) is 5.82 Å². The van der Waals surface area contributed by atoms with Gasteiger partial charge in [-0.3, -0.25) is 0 Å². The minimum absolute atomic E-state index is 0.689. The normalized spacial score (nSPS) is 11.5. The highest BCUT2D eigenvalue weighted by atomic mass is 16.3. The Bertz CT molecular complexity index is 3940. The van der Waals surface area contributed by atoms with Gasteiger partial charge < -0.3 is 9.32 Å². The minimum atomic E-state index is 0.689. The summed E-state index contributed by atoms with van der Waals surface area (Å²) >= 11 is 0. The molecule has 0 saturated carbocycles. The molecule has 0 N–H and O–H groups in total. The van der Waals surface area contributed by atoms with Crippen molar-refractivity contribution < 1.29 is 4.42 Å². The van der Waals surface area contributed by atoms with Gasteiger partial charge in [-0.05, 0) is 63.4 Å². The van der Waals surface area contributed by atoms with Gasteiger partial charge in [0.25, 0.3) is 0 Å². The van der Waals surface area contributed by atoms with Gasteiger partial charge in [0.1, 0.15) is 121 Å². The van der Waals surface area contributed by atoms with Crippen LogP contribution in [-0.4, -0.2) is 120 Å². The maximum absolute atomic E-state index is 6.90. The Morgan fingerprint density at radius 3 is 1.19 bits per heavy atom. The molecule has 0 amide bonds. The molecule has 0 aliphatic carbocycles. The topological polar surface area (TPSA) is 42.2 Å². The number of hydrogen-bond donors (Lipinski definition) is 0. The molecule has 11 aromatic rings. The van der Waals surface area contributed by atoms with Gasteiger partial charge in [0, 0.05) is 44.5 Å². The summed E-state index contributed by atoms with van der Waals surface area (Å²) in [7, 11) is 32.4. The summed E-state index contributed by atoms with van der Waals surface area (Å²) in [6, 6.07) is 49.4. The van der Waals surface area contributed by atoms with Crippen molar-refractivity contribution in [3.05, 3.63) is 140 Å². The molecule has 9 aromatic carbocycles.